The van der Waals surface area contributed by atoms with E-state index in [1.54, 1.807) is 0 Å². The highest BCUT2D eigenvalue weighted by Gasteiger charge is 2.30. The number of rotatable bonds is 5. The number of carbonyl (C=O) groups is 2. The number of hydrogen-bond donors (Lipinski definition) is 0. The van der Waals surface area contributed by atoms with Gasteiger partial charge >= 0.3 is 11.9 Å². The predicted octanol–water partition coefficient (Wildman–Crippen LogP) is 2.73. The van der Waals surface area contributed by atoms with E-state index in [9.17, 15) is 9.59 Å². The molecule has 0 saturated heterocycles. The van der Waals surface area contributed by atoms with Crippen LogP contribution in [0.1, 0.15) is 39.0 Å². The maximum Gasteiger partial charge on any atom is 0.352 e. The molecular formula is C10H13IO3. The van der Waals surface area contributed by atoms with Gasteiger partial charge in [0.15, 0.2) is 0 Å². The Bertz CT molecular complexity index is 281. The molecule has 78 valence electrons. The summed E-state index contributed by atoms with van der Waals surface area (Å²) >= 11 is 1.88. The van der Waals surface area contributed by atoms with Crippen molar-refractivity contribution in [2.24, 2.45) is 0 Å². The van der Waals surface area contributed by atoms with Crippen molar-refractivity contribution in [2.75, 3.05) is 0 Å². The van der Waals surface area contributed by atoms with Crippen molar-refractivity contribution < 1.29 is 14.3 Å². The van der Waals surface area contributed by atoms with Gasteiger partial charge in [-0.2, -0.15) is 0 Å². The lowest BCUT2D eigenvalue weighted by atomic mass is 10.1. The largest absolute Gasteiger partial charge is 0.386 e. The number of esters is 2. The second kappa shape index (κ2) is 5.48. The van der Waals surface area contributed by atoms with Crippen molar-refractivity contribution >= 4 is 34.5 Å². The molecule has 4 heteroatoms. The molecule has 1 aliphatic rings. The van der Waals surface area contributed by atoms with Crippen LogP contribution in [-0.2, 0) is 14.3 Å². The van der Waals surface area contributed by atoms with Crippen LogP contribution in [0.5, 0.6) is 0 Å². The zero-order valence-corrected chi connectivity index (χ0v) is 10.3. The van der Waals surface area contributed by atoms with Crippen molar-refractivity contribution in [3.63, 3.8) is 0 Å². The van der Waals surface area contributed by atoms with Crippen LogP contribution in [0.25, 0.3) is 0 Å². The third-order valence-corrected chi connectivity index (χ3v) is 3.25. The molecule has 0 aromatic carbocycles. The molecule has 0 aromatic heterocycles. The van der Waals surface area contributed by atoms with Gasteiger partial charge in [0.1, 0.15) is 3.58 Å². The van der Waals surface area contributed by atoms with Crippen LogP contribution in [0.2, 0.25) is 0 Å². The van der Waals surface area contributed by atoms with E-state index in [0.717, 1.165) is 12.8 Å². The van der Waals surface area contributed by atoms with Crippen LogP contribution in [0.15, 0.2) is 9.15 Å². The zero-order valence-electron chi connectivity index (χ0n) is 8.14. The second-order valence-electron chi connectivity index (χ2n) is 3.28. The first-order chi connectivity index (χ1) is 6.66. The smallest absolute Gasteiger partial charge is 0.352 e. The number of carbonyl (C=O) groups excluding carboxylic acids is 2. The van der Waals surface area contributed by atoms with Gasteiger partial charge in [-0.1, -0.05) is 26.2 Å². The minimum atomic E-state index is -0.485. The van der Waals surface area contributed by atoms with Gasteiger partial charge in [-0.25, -0.2) is 9.59 Å². The normalized spacial score (nSPS) is 16.4. The molecular weight excluding hydrogens is 295 g/mol. The number of unbranched alkanes of at least 4 members (excludes halogenated alkanes) is 3. The minimum Gasteiger partial charge on any atom is -0.386 e. The summed E-state index contributed by atoms with van der Waals surface area (Å²) in [7, 11) is 0. The molecule has 0 fully saturated rings. The molecule has 0 amide bonds. The fraction of sp³-hybridized carbons (Fsp3) is 0.600. The van der Waals surface area contributed by atoms with Crippen LogP contribution in [0.4, 0.5) is 0 Å². The van der Waals surface area contributed by atoms with Gasteiger partial charge in [-0.05, 0) is 35.4 Å². The molecule has 0 spiro atoms. The average molecular weight is 308 g/mol. The molecule has 0 radical (unpaired) electrons. The van der Waals surface area contributed by atoms with Crippen LogP contribution in [0, 0.1) is 0 Å². The maximum atomic E-state index is 11.2. The van der Waals surface area contributed by atoms with E-state index in [2.05, 4.69) is 11.7 Å². The number of halogens is 1. The van der Waals surface area contributed by atoms with Gasteiger partial charge in [0, 0.05) is 0 Å². The lowest BCUT2D eigenvalue weighted by Gasteiger charge is -1.98. The molecule has 14 heavy (non-hydrogen) atoms. The highest BCUT2D eigenvalue weighted by molar-refractivity contribution is 14.1. The Kier molecular flexibility index (Phi) is 4.57. The molecule has 1 heterocycles. The van der Waals surface area contributed by atoms with Crippen molar-refractivity contribution in [3.05, 3.63) is 9.15 Å². The Morgan fingerprint density at radius 2 is 1.86 bits per heavy atom. The summed E-state index contributed by atoms with van der Waals surface area (Å²) in [5, 5.41) is 0. The van der Waals surface area contributed by atoms with Crippen LogP contribution in [-0.4, -0.2) is 11.9 Å². The van der Waals surface area contributed by atoms with Gasteiger partial charge < -0.3 is 4.74 Å². The summed E-state index contributed by atoms with van der Waals surface area (Å²) in [6.07, 6.45) is 5.07. The van der Waals surface area contributed by atoms with Crippen LogP contribution < -0.4 is 0 Å². The Morgan fingerprint density at radius 1 is 1.14 bits per heavy atom. The SMILES string of the molecule is CCCCCCC1=C(I)C(=O)OC1=O. The Balaban J connectivity index is 2.43. The quantitative estimate of drug-likeness (QED) is 0.339. The molecule has 0 aromatic rings. The van der Waals surface area contributed by atoms with Crippen molar-refractivity contribution in [2.45, 2.75) is 39.0 Å². The van der Waals surface area contributed by atoms with E-state index in [1.807, 2.05) is 22.6 Å². The predicted molar refractivity (Wildman–Crippen MR) is 60.9 cm³/mol. The Labute approximate surface area is 97.0 Å². The molecule has 0 unspecified atom stereocenters. The van der Waals surface area contributed by atoms with Gasteiger partial charge in [0.25, 0.3) is 0 Å². The first-order valence-electron chi connectivity index (χ1n) is 4.82. The van der Waals surface area contributed by atoms with Crippen LogP contribution >= 0.6 is 22.6 Å². The fourth-order valence-corrected chi connectivity index (χ4v) is 1.94. The van der Waals surface area contributed by atoms with Gasteiger partial charge in [-0.3, -0.25) is 0 Å². The molecule has 0 saturated carbocycles. The molecule has 1 rings (SSSR count). The first kappa shape index (κ1) is 11.7. The first-order valence-corrected chi connectivity index (χ1v) is 5.89. The van der Waals surface area contributed by atoms with E-state index in [-0.39, 0.29) is 0 Å². The van der Waals surface area contributed by atoms with E-state index < -0.39 is 11.9 Å². The summed E-state index contributed by atoms with van der Waals surface area (Å²) in [6.45, 7) is 2.14. The fourth-order valence-electron chi connectivity index (χ4n) is 1.34. The molecule has 1 aliphatic heterocycles. The van der Waals surface area contributed by atoms with Crippen LogP contribution in [0.3, 0.4) is 0 Å². The lowest BCUT2D eigenvalue weighted by molar-refractivity contribution is -0.150. The Morgan fingerprint density at radius 3 is 2.36 bits per heavy atom. The van der Waals surface area contributed by atoms with Crippen molar-refractivity contribution in [3.8, 4) is 0 Å². The Hall–Kier alpha value is -0.390. The van der Waals surface area contributed by atoms with E-state index in [0.29, 0.717) is 15.6 Å². The third kappa shape index (κ3) is 2.80. The summed E-state index contributed by atoms with van der Waals surface area (Å²) in [6, 6.07) is 0. The number of cyclic esters (lactones) is 2. The topological polar surface area (TPSA) is 43.4 Å². The van der Waals surface area contributed by atoms with Gasteiger partial charge in [-0.15, -0.1) is 0 Å². The monoisotopic (exact) mass is 308 g/mol. The average Bonchev–Trinajstić information content (AvgIpc) is 2.38. The number of ether oxygens (including phenoxy) is 1. The molecule has 0 bridgehead atoms. The second-order valence-corrected chi connectivity index (χ2v) is 4.36. The minimum absolute atomic E-state index is 0.448. The van der Waals surface area contributed by atoms with Gasteiger partial charge in [0.05, 0.1) is 5.57 Å². The standard InChI is InChI=1S/C10H13IO3/c1-2-3-4-5-6-7-8(11)10(13)14-9(7)12/h2-6H2,1H3. The zero-order chi connectivity index (χ0) is 10.6. The molecule has 0 atom stereocenters. The van der Waals surface area contributed by atoms with Crippen molar-refractivity contribution in [1.82, 2.24) is 0 Å². The molecule has 0 aliphatic carbocycles. The maximum absolute atomic E-state index is 11.2. The molecule has 0 N–H and O–H groups in total. The van der Waals surface area contributed by atoms with E-state index in [1.165, 1.54) is 12.8 Å². The third-order valence-electron chi connectivity index (χ3n) is 2.16. The summed E-state index contributed by atoms with van der Waals surface area (Å²) in [5.74, 6) is -0.933. The highest BCUT2D eigenvalue weighted by atomic mass is 127. The van der Waals surface area contributed by atoms with Crippen molar-refractivity contribution in [1.29, 1.82) is 0 Å². The molecule has 3 nitrogen and oxygen atoms in total. The number of hydrogen-bond acceptors (Lipinski definition) is 3. The highest BCUT2D eigenvalue weighted by Crippen LogP contribution is 2.27. The summed E-state index contributed by atoms with van der Waals surface area (Å²) in [4.78, 5) is 22.1. The van der Waals surface area contributed by atoms with Gasteiger partial charge in [0.2, 0.25) is 0 Å². The summed E-state index contributed by atoms with van der Waals surface area (Å²) < 4.78 is 4.95. The summed E-state index contributed by atoms with van der Waals surface area (Å²) in [5.41, 5.74) is 0.562. The van der Waals surface area contributed by atoms with E-state index >= 15 is 0 Å². The lowest BCUT2D eigenvalue weighted by Crippen LogP contribution is -2.01. The van der Waals surface area contributed by atoms with E-state index in [4.69, 9.17) is 0 Å².